The molecule has 0 spiro atoms. The zero-order valence-corrected chi connectivity index (χ0v) is 16.5. The van der Waals surface area contributed by atoms with E-state index in [0.717, 1.165) is 34.8 Å². The van der Waals surface area contributed by atoms with Crippen LogP contribution in [0.25, 0.3) is 6.08 Å². The summed E-state index contributed by atoms with van der Waals surface area (Å²) in [6.07, 6.45) is 2.73. The number of carbonyl (C=O) groups excluding carboxylic acids is 1. The van der Waals surface area contributed by atoms with Gasteiger partial charge in [0.15, 0.2) is 0 Å². The van der Waals surface area contributed by atoms with Crippen LogP contribution in [0, 0.1) is 25.2 Å². The molecule has 0 fully saturated rings. The molecule has 4 nitrogen and oxygen atoms in total. The van der Waals surface area contributed by atoms with Crippen LogP contribution in [-0.2, 0) is 17.9 Å². The summed E-state index contributed by atoms with van der Waals surface area (Å²) < 4.78 is 2.90. The van der Waals surface area contributed by atoms with Crippen molar-refractivity contribution in [3.05, 3.63) is 49.9 Å². The smallest absolute Gasteiger partial charge is 0.264 e. The van der Waals surface area contributed by atoms with E-state index in [1.165, 1.54) is 11.3 Å². The molecule has 2 aromatic heterocycles. The SMILES string of the molecule is CCCn1c(C)cc(/C=C(/C#N)C(=O)N(C)Cc2ccc(Cl)s2)c1C. The molecule has 0 atom stereocenters. The van der Waals surface area contributed by atoms with Crippen molar-refractivity contribution in [1.82, 2.24) is 9.47 Å². The maximum Gasteiger partial charge on any atom is 0.264 e. The first kappa shape index (κ1) is 19.3. The number of nitriles is 1. The first-order valence-corrected chi connectivity index (χ1v) is 9.35. The number of aryl methyl sites for hydroxylation is 1. The fourth-order valence-corrected chi connectivity index (χ4v) is 3.93. The molecule has 0 saturated heterocycles. The van der Waals surface area contributed by atoms with Crippen molar-refractivity contribution in [2.24, 2.45) is 0 Å². The number of amides is 1. The van der Waals surface area contributed by atoms with Gasteiger partial charge in [-0.2, -0.15) is 5.26 Å². The average Bonchev–Trinajstić information content (AvgIpc) is 3.10. The minimum Gasteiger partial charge on any atom is -0.349 e. The van der Waals surface area contributed by atoms with E-state index in [0.29, 0.717) is 10.9 Å². The van der Waals surface area contributed by atoms with Crippen LogP contribution in [0.15, 0.2) is 23.8 Å². The molecule has 25 heavy (non-hydrogen) atoms. The van der Waals surface area contributed by atoms with Crippen molar-refractivity contribution >= 4 is 34.9 Å². The first-order chi connectivity index (χ1) is 11.9. The number of halogens is 1. The van der Waals surface area contributed by atoms with Crippen molar-refractivity contribution in [3.63, 3.8) is 0 Å². The summed E-state index contributed by atoms with van der Waals surface area (Å²) in [7, 11) is 1.70. The summed E-state index contributed by atoms with van der Waals surface area (Å²) in [6, 6.07) is 7.77. The standard InChI is InChI=1S/C19H22ClN3OS/c1-5-8-23-13(2)9-15(14(23)3)10-16(11-21)19(24)22(4)12-17-6-7-18(20)25-17/h6-7,9-10H,5,8,12H2,1-4H3/b16-10-. The first-order valence-electron chi connectivity index (χ1n) is 8.15. The van der Waals surface area contributed by atoms with Gasteiger partial charge in [0.2, 0.25) is 0 Å². The second kappa shape index (κ2) is 8.37. The molecule has 0 saturated carbocycles. The quantitative estimate of drug-likeness (QED) is 0.538. The lowest BCUT2D eigenvalue weighted by Gasteiger charge is -2.15. The molecule has 0 aliphatic heterocycles. The monoisotopic (exact) mass is 375 g/mol. The summed E-state index contributed by atoms with van der Waals surface area (Å²) in [6.45, 7) is 7.56. The number of hydrogen-bond acceptors (Lipinski definition) is 3. The Morgan fingerprint density at radius 3 is 2.72 bits per heavy atom. The van der Waals surface area contributed by atoms with Crippen LogP contribution in [0.4, 0.5) is 0 Å². The molecule has 0 aliphatic rings. The summed E-state index contributed by atoms with van der Waals surface area (Å²) >= 11 is 7.37. The molecule has 2 aromatic rings. The number of likely N-dealkylation sites (N-methyl/N-ethyl adjacent to an activating group) is 1. The van der Waals surface area contributed by atoms with E-state index in [-0.39, 0.29) is 11.5 Å². The van der Waals surface area contributed by atoms with Crippen LogP contribution < -0.4 is 0 Å². The highest BCUT2D eigenvalue weighted by molar-refractivity contribution is 7.16. The van der Waals surface area contributed by atoms with Gasteiger partial charge in [-0.3, -0.25) is 4.79 Å². The van der Waals surface area contributed by atoms with Gasteiger partial charge in [-0.1, -0.05) is 18.5 Å². The van der Waals surface area contributed by atoms with Gasteiger partial charge in [-0.15, -0.1) is 11.3 Å². The molecule has 1 amide bonds. The normalized spacial score (nSPS) is 11.4. The maximum absolute atomic E-state index is 12.6. The van der Waals surface area contributed by atoms with Gasteiger partial charge in [0, 0.05) is 29.9 Å². The van der Waals surface area contributed by atoms with E-state index < -0.39 is 0 Å². The third-order valence-corrected chi connectivity index (χ3v) is 5.30. The van der Waals surface area contributed by atoms with E-state index >= 15 is 0 Å². The zero-order valence-electron chi connectivity index (χ0n) is 15.0. The molecule has 0 aliphatic carbocycles. The number of rotatable bonds is 6. The Morgan fingerprint density at radius 2 is 2.16 bits per heavy atom. The number of aromatic nitrogens is 1. The number of nitrogens with zero attached hydrogens (tertiary/aromatic N) is 3. The topological polar surface area (TPSA) is 49.0 Å². The lowest BCUT2D eigenvalue weighted by Crippen LogP contribution is -2.26. The van der Waals surface area contributed by atoms with E-state index in [9.17, 15) is 10.1 Å². The summed E-state index contributed by atoms with van der Waals surface area (Å²) in [5.74, 6) is -0.285. The molecular formula is C19H22ClN3OS. The molecule has 0 aromatic carbocycles. The fourth-order valence-electron chi connectivity index (χ4n) is 2.79. The third kappa shape index (κ3) is 4.53. The number of carbonyl (C=O) groups is 1. The second-order valence-corrected chi connectivity index (χ2v) is 7.81. The van der Waals surface area contributed by atoms with Crippen molar-refractivity contribution in [2.45, 2.75) is 40.3 Å². The van der Waals surface area contributed by atoms with Gasteiger partial charge >= 0.3 is 0 Å². The molecule has 2 rings (SSSR count). The van der Waals surface area contributed by atoms with Gasteiger partial charge in [0.1, 0.15) is 11.6 Å². The highest BCUT2D eigenvalue weighted by Gasteiger charge is 2.17. The van der Waals surface area contributed by atoms with Gasteiger partial charge in [0.25, 0.3) is 5.91 Å². The maximum atomic E-state index is 12.6. The Kier molecular flexibility index (Phi) is 6.46. The van der Waals surface area contributed by atoms with Crippen LogP contribution in [0.5, 0.6) is 0 Å². The molecule has 0 bridgehead atoms. The average molecular weight is 376 g/mol. The van der Waals surface area contributed by atoms with Crippen molar-refractivity contribution < 1.29 is 4.79 Å². The lowest BCUT2D eigenvalue weighted by molar-refractivity contribution is -0.125. The minimum absolute atomic E-state index is 0.141. The fraction of sp³-hybridized carbons (Fsp3) is 0.368. The Labute approximate surface area is 157 Å². The number of hydrogen-bond donors (Lipinski definition) is 0. The highest BCUT2D eigenvalue weighted by Crippen LogP contribution is 2.23. The van der Waals surface area contributed by atoms with Crippen LogP contribution >= 0.6 is 22.9 Å². The molecule has 6 heteroatoms. The van der Waals surface area contributed by atoms with Crippen molar-refractivity contribution in [3.8, 4) is 6.07 Å². The molecule has 132 valence electrons. The van der Waals surface area contributed by atoms with E-state index in [2.05, 4.69) is 11.5 Å². The van der Waals surface area contributed by atoms with Crippen molar-refractivity contribution in [1.29, 1.82) is 5.26 Å². The lowest BCUT2D eigenvalue weighted by atomic mass is 10.1. The van der Waals surface area contributed by atoms with Crippen LogP contribution in [0.2, 0.25) is 4.34 Å². The predicted molar refractivity (Wildman–Crippen MR) is 104 cm³/mol. The molecule has 0 unspecified atom stereocenters. The van der Waals surface area contributed by atoms with Crippen molar-refractivity contribution in [2.75, 3.05) is 7.05 Å². The summed E-state index contributed by atoms with van der Waals surface area (Å²) in [4.78, 5) is 15.1. The second-order valence-electron chi connectivity index (χ2n) is 6.01. The highest BCUT2D eigenvalue weighted by atomic mass is 35.5. The van der Waals surface area contributed by atoms with Gasteiger partial charge < -0.3 is 9.47 Å². The predicted octanol–water partition coefficient (Wildman–Crippen LogP) is 4.80. The van der Waals surface area contributed by atoms with Gasteiger partial charge in [0.05, 0.1) is 10.9 Å². The van der Waals surface area contributed by atoms with E-state index in [1.54, 1.807) is 18.0 Å². The summed E-state index contributed by atoms with van der Waals surface area (Å²) in [5.41, 5.74) is 3.27. The van der Waals surface area contributed by atoms with Crippen LogP contribution in [-0.4, -0.2) is 22.4 Å². The van der Waals surface area contributed by atoms with Gasteiger partial charge in [-0.05, 0) is 50.1 Å². The third-order valence-electron chi connectivity index (χ3n) is 4.08. The Bertz CT molecular complexity index is 841. The molecule has 2 heterocycles. The van der Waals surface area contributed by atoms with Crippen LogP contribution in [0.3, 0.4) is 0 Å². The Morgan fingerprint density at radius 1 is 1.44 bits per heavy atom. The molecule has 0 N–H and O–H groups in total. The largest absolute Gasteiger partial charge is 0.349 e. The van der Waals surface area contributed by atoms with Crippen LogP contribution in [0.1, 0.15) is 35.2 Å². The van der Waals surface area contributed by atoms with E-state index in [4.69, 9.17) is 11.6 Å². The Balaban J connectivity index is 2.23. The molecule has 0 radical (unpaired) electrons. The van der Waals surface area contributed by atoms with Gasteiger partial charge in [-0.25, -0.2) is 0 Å². The zero-order chi connectivity index (χ0) is 18.6. The Hall–Kier alpha value is -2.03. The molecular weight excluding hydrogens is 354 g/mol. The summed E-state index contributed by atoms with van der Waals surface area (Å²) in [5, 5.41) is 9.46. The number of thiophene rings is 1. The van der Waals surface area contributed by atoms with E-state index in [1.807, 2.05) is 38.1 Å². The minimum atomic E-state index is -0.285.